The first-order valence-electron chi connectivity index (χ1n) is 13.1. The average Bonchev–Trinajstić information content (AvgIpc) is 3.11. The fourth-order valence-electron chi connectivity index (χ4n) is 7.60. The lowest BCUT2D eigenvalue weighted by atomic mass is 9.47. The molecule has 0 bridgehead atoms. The van der Waals surface area contributed by atoms with Gasteiger partial charge in [-0.15, -0.1) is 0 Å². The van der Waals surface area contributed by atoms with Gasteiger partial charge in [0.1, 0.15) is 0 Å². The smallest absolute Gasteiger partial charge is 0.333 e. The van der Waals surface area contributed by atoms with Crippen LogP contribution in [0.1, 0.15) is 79.1 Å². The summed E-state index contributed by atoms with van der Waals surface area (Å²) in [5, 5.41) is 36.2. The number of carboxylic acid groups (broad SMARTS) is 1. The SMILES string of the molecule is CC(C)(CNC(=O)CO/N=C1\C=C2CC[C@@H]3[C@@H]4CC[C@H](O)[C@@]4(C)CC[C@@H]3[C@@]2(C)CC1)[C@H](O)C(=O)O. The van der Waals surface area contributed by atoms with Crippen molar-refractivity contribution in [3.8, 4) is 0 Å². The highest BCUT2D eigenvalue weighted by Gasteiger charge is 2.58. The lowest BCUT2D eigenvalue weighted by Crippen LogP contribution is -2.51. The first-order chi connectivity index (χ1) is 16.4. The van der Waals surface area contributed by atoms with Gasteiger partial charge in [0.15, 0.2) is 12.7 Å². The van der Waals surface area contributed by atoms with E-state index in [1.54, 1.807) is 13.8 Å². The highest BCUT2D eigenvalue weighted by molar-refractivity contribution is 5.96. The van der Waals surface area contributed by atoms with Crippen molar-refractivity contribution in [1.29, 1.82) is 0 Å². The van der Waals surface area contributed by atoms with Crippen molar-refractivity contribution in [1.82, 2.24) is 5.32 Å². The Labute approximate surface area is 208 Å². The third-order valence-electron chi connectivity index (χ3n) is 10.0. The number of carbonyl (C=O) groups excluding carboxylic acids is 1. The summed E-state index contributed by atoms with van der Waals surface area (Å²) in [6.07, 6.45) is 8.93. The summed E-state index contributed by atoms with van der Waals surface area (Å²) in [5.74, 6) is 0.256. The molecule has 0 aromatic heterocycles. The molecule has 0 aliphatic heterocycles. The number of nitrogens with one attached hydrogen (secondary N) is 1. The molecule has 35 heavy (non-hydrogen) atoms. The molecule has 4 N–H and O–H groups in total. The van der Waals surface area contributed by atoms with Gasteiger partial charge in [-0.3, -0.25) is 4.79 Å². The predicted octanol–water partition coefficient (Wildman–Crippen LogP) is 3.27. The third kappa shape index (κ3) is 4.76. The van der Waals surface area contributed by atoms with E-state index < -0.39 is 23.4 Å². The van der Waals surface area contributed by atoms with Crippen LogP contribution in [0.3, 0.4) is 0 Å². The lowest BCUT2D eigenvalue weighted by Gasteiger charge is -2.57. The number of nitrogens with zero attached hydrogens (tertiary/aromatic N) is 1. The second-order valence-electron chi connectivity index (χ2n) is 12.5. The molecule has 0 heterocycles. The van der Waals surface area contributed by atoms with Crippen molar-refractivity contribution < 1.29 is 29.7 Å². The van der Waals surface area contributed by atoms with E-state index in [0.717, 1.165) is 44.2 Å². The summed E-state index contributed by atoms with van der Waals surface area (Å²) >= 11 is 0. The molecule has 7 atom stereocenters. The van der Waals surface area contributed by atoms with Crippen LogP contribution in [0.5, 0.6) is 0 Å². The topological polar surface area (TPSA) is 128 Å². The highest BCUT2D eigenvalue weighted by atomic mass is 16.6. The number of hydrogen-bond donors (Lipinski definition) is 4. The summed E-state index contributed by atoms with van der Waals surface area (Å²) in [4.78, 5) is 28.5. The van der Waals surface area contributed by atoms with Gasteiger partial charge in [-0.05, 0) is 86.0 Å². The normalized spacial score (nSPS) is 38.6. The van der Waals surface area contributed by atoms with Gasteiger partial charge in [0.25, 0.3) is 5.91 Å². The monoisotopic (exact) mass is 490 g/mol. The summed E-state index contributed by atoms with van der Waals surface area (Å²) in [6.45, 7) is 7.65. The van der Waals surface area contributed by atoms with Crippen LogP contribution in [-0.2, 0) is 14.4 Å². The molecule has 0 unspecified atom stereocenters. The van der Waals surface area contributed by atoms with Crippen molar-refractivity contribution in [2.45, 2.75) is 91.3 Å². The van der Waals surface area contributed by atoms with Crippen LogP contribution < -0.4 is 5.32 Å². The fraction of sp³-hybridized carbons (Fsp3) is 0.815. The van der Waals surface area contributed by atoms with Gasteiger partial charge < -0.3 is 25.5 Å². The number of oxime groups is 1. The molecule has 0 saturated heterocycles. The summed E-state index contributed by atoms with van der Waals surface area (Å²) < 4.78 is 0. The number of aliphatic carboxylic acids is 1. The van der Waals surface area contributed by atoms with Crippen LogP contribution in [0.15, 0.2) is 16.8 Å². The van der Waals surface area contributed by atoms with Crippen molar-refractivity contribution in [3.05, 3.63) is 11.6 Å². The number of amides is 1. The molecule has 4 aliphatic carbocycles. The van der Waals surface area contributed by atoms with E-state index in [9.17, 15) is 19.8 Å². The van der Waals surface area contributed by atoms with E-state index in [1.165, 1.54) is 18.4 Å². The number of carboxylic acids is 1. The number of hydrogen-bond acceptors (Lipinski definition) is 6. The molecular formula is C27H42N2O6. The average molecular weight is 491 g/mol. The van der Waals surface area contributed by atoms with E-state index >= 15 is 0 Å². The molecule has 0 spiro atoms. The summed E-state index contributed by atoms with van der Waals surface area (Å²) in [6, 6.07) is 0. The van der Waals surface area contributed by atoms with Crippen molar-refractivity contribution in [3.63, 3.8) is 0 Å². The maximum Gasteiger partial charge on any atom is 0.333 e. The quantitative estimate of drug-likeness (QED) is 0.406. The minimum Gasteiger partial charge on any atom is -0.479 e. The van der Waals surface area contributed by atoms with Crippen LogP contribution in [-0.4, -0.2) is 58.3 Å². The molecule has 0 radical (unpaired) electrons. The number of aliphatic hydroxyl groups is 2. The Hall–Kier alpha value is -1.93. The van der Waals surface area contributed by atoms with Gasteiger partial charge in [-0.2, -0.15) is 0 Å². The molecule has 0 aromatic carbocycles. The molecule has 1 amide bonds. The fourth-order valence-corrected chi connectivity index (χ4v) is 7.60. The number of fused-ring (bicyclic) bond motifs is 5. The molecule has 3 saturated carbocycles. The molecule has 4 rings (SSSR count). The van der Waals surface area contributed by atoms with Gasteiger partial charge in [-0.1, -0.05) is 38.4 Å². The molecule has 196 valence electrons. The van der Waals surface area contributed by atoms with Crippen LogP contribution in [0.4, 0.5) is 0 Å². The van der Waals surface area contributed by atoms with Gasteiger partial charge in [0, 0.05) is 12.0 Å². The second-order valence-corrected chi connectivity index (χ2v) is 12.5. The number of carbonyl (C=O) groups is 2. The first kappa shape index (κ1) is 26.1. The van der Waals surface area contributed by atoms with Crippen LogP contribution in [0, 0.1) is 34.0 Å². The minimum absolute atomic E-state index is 0.0151. The van der Waals surface area contributed by atoms with Crippen LogP contribution in [0.25, 0.3) is 0 Å². The van der Waals surface area contributed by atoms with Gasteiger partial charge in [0.05, 0.1) is 11.8 Å². The zero-order valence-corrected chi connectivity index (χ0v) is 21.5. The second kappa shape index (κ2) is 9.51. The Morgan fingerprint density at radius 2 is 1.91 bits per heavy atom. The van der Waals surface area contributed by atoms with Crippen molar-refractivity contribution in [2.75, 3.05) is 13.2 Å². The van der Waals surface area contributed by atoms with Crippen molar-refractivity contribution in [2.24, 2.45) is 39.2 Å². The first-order valence-corrected chi connectivity index (χ1v) is 13.1. The standard InChI is InChI=1S/C27H42N2O6/c1-25(2,23(32)24(33)34)15-28-22(31)14-35-29-17-9-11-26(3)16(13-17)5-6-18-19-7-8-21(30)27(19,4)12-10-20(18)26/h13,18-21,23,30,32H,5-12,14-15H2,1-4H3,(H,28,31)(H,33,34)/b29-17-/t18-,19+,20+,21+,23-,26+,27+/m1/s1. The van der Waals surface area contributed by atoms with E-state index in [1.807, 2.05) is 0 Å². The number of allylic oxidation sites excluding steroid dienone is 2. The maximum atomic E-state index is 12.1. The van der Waals surface area contributed by atoms with E-state index in [4.69, 9.17) is 9.94 Å². The molecule has 3 fully saturated rings. The molecule has 4 aliphatic rings. The third-order valence-corrected chi connectivity index (χ3v) is 10.0. The Bertz CT molecular complexity index is 913. The Balaban J connectivity index is 1.33. The summed E-state index contributed by atoms with van der Waals surface area (Å²) in [5.41, 5.74) is 1.57. The van der Waals surface area contributed by atoms with Gasteiger partial charge in [0.2, 0.25) is 0 Å². The predicted molar refractivity (Wildman–Crippen MR) is 132 cm³/mol. The number of aliphatic hydroxyl groups excluding tert-OH is 2. The van der Waals surface area contributed by atoms with Crippen LogP contribution >= 0.6 is 0 Å². The Kier molecular flexibility index (Phi) is 7.10. The number of rotatable bonds is 7. The lowest BCUT2D eigenvalue weighted by molar-refractivity contribution is -0.153. The minimum atomic E-state index is -1.57. The van der Waals surface area contributed by atoms with E-state index in [2.05, 4.69) is 30.4 Å². The van der Waals surface area contributed by atoms with E-state index in [-0.39, 0.29) is 30.1 Å². The van der Waals surface area contributed by atoms with Crippen molar-refractivity contribution >= 4 is 17.6 Å². The zero-order valence-electron chi connectivity index (χ0n) is 21.5. The van der Waals surface area contributed by atoms with Gasteiger partial charge >= 0.3 is 5.97 Å². The highest BCUT2D eigenvalue weighted by Crippen LogP contribution is 2.65. The molecule has 0 aromatic rings. The zero-order chi connectivity index (χ0) is 25.6. The molecule has 8 nitrogen and oxygen atoms in total. The molecular weight excluding hydrogens is 448 g/mol. The summed E-state index contributed by atoms with van der Waals surface area (Å²) in [7, 11) is 0. The Morgan fingerprint density at radius 1 is 1.17 bits per heavy atom. The Morgan fingerprint density at radius 3 is 2.63 bits per heavy atom. The maximum absolute atomic E-state index is 12.1. The largest absolute Gasteiger partial charge is 0.479 e. The van der Waals surface area contributed by atoms with Crippen LogP contribution in [0.2, 0.25) is 0 Å². The van der Waals surface area contributed by atoms with E-state index in [0.29, 0.717) is 17.8 Å². The molecule has 8 heteroatoms. The van der Waals surface area contributed by atoms with Gasteiger partial charge in [-0.25, -0.2) is 4.79 Å².